The van der Waals surface area contributed by atoms with E-state index in [0.29, 0.717) is 31.3 Å². The number of carbonyl (C=O) groups excluding carboxylic acids is 2. The van der Waals surface area contributed by atoms with Gasteiger partial charge in [0.1, 0.15) is 31.6 Å². The van der Waals surface area contributed by atoms with Crippen LogP contribution in [0.1, 0.15) is 32.3 Å². The second kappa shape index (κ2) is 13.5. The summed E-state index contributed by atoms with van der Waals surface area (Å²) in [6.45, 7) is 3.74. The number of nitrogens with one attached hydrogen (secondary N) is 1. The van der Waals surface area contributed by atoms with E-state index in [2.05, 4.69) is 5.32 Å². The van der Waals surface area contributed by atoms with Gasteiger partial charge in [-0.2, -0.15) is 0 Å². The molecule has 1 atom stereocenters. The number of halogens is 1. The summed E-state index contributed by atoms with van der Waals surface area (Å²) in [5, 5.41) is 2.81. The molecule has 1 heterocycles. The SMILES string of the molecule is CCCCNC(=O)[C@H](C)N(Cc1ccccc1F)C(=O)CN(c1ccc2c(c1)OCCO2)S(=O)(=O)c1ccccc1. The zero-order chi connectivity index (χ0) is 29.4. The predicted octanol–water partition coefficient (Wildman–Crippen LogP) is 4.13. The van der Waals surface area contributed by atoms with Crippen molar-refractivity contribution in [3.63, 3.8) is 0 Å². The first-order valence-electron chi connectivity index (χ1n) is 13.5. The smallest absolute Gasteiger partial charge is 0.264 e. The molecule has 0 spiro atoms. The van der Waals surface area contributed by atoms with E-state index >= 15 is 0 Å². The van der Waals surface area contributed by atoms with Crippen LogP contribution in [0, 0.1) is 5.82 Å². The number of unbranched alkanes of at least 4 members (excludes halogenated alkanes) is 1. The van der Waals surface area contributed by atoms with Crippen LogP contribution in [0.25, 0.3) is 0 Å². The number of hydrogen-bond donors (Lipinski definition) is 1. The molecule has 0 unspecified atom stereocenters. The molecular weight excluding hydrogens is 549 g/mol. The minimum absolute atomic E-state index is 0.0197. The van der Waals surface area contributed by atoms with Crippen molar-refractivity contribution in [1.82, 2.24) is 10.2 Å². The summed E-state index contributed by atoms with van der Waals surface area (Å²) in [7, 11) is -4.24. The van der Waals surface area contributed by atoms with E-state index in [4.69, 9.17) is 9.47 Å². The summed E-state index contributed by atoms with van der Waals surface area (Å²) in [5.41, 5.74) is 0.378. The molecule has 0 aliphatic carbocycles. The van der Waals surface area contributed by atoms with Crippen molar-refractivity contribution in [3.8, 4) is 11.5 Å². The van der Waals surface area contributed by atoms with E-state index in [1.165, 1.54) is 47.4 Å². The summed E-state index contributed by atoms with van der Waals surface area (Å²) in [4.78, 5) is 28.1. The van der Waals surface area contributed by atoms with Crippen molar-refractivity contribution in [2.75, 3.05) is 30.6 Å². The van der Waals surface area contributed by atoms with Crippen molar-refractivity contribution in [3.05, 3.63) is 84.2 Å². The second-order valence-corrected chi connectivity index (χ2v) is 11.4. The van der Waals surface area contributed by atoms with E-state index in [0.717, 1.165) is 17.1 Å². The van der Waals surface area contributed by atoms with Crippen molar-refractivity contribution in [1.29, 1.82) is 0 Å². The number of amides is 2. The Kier molecular flexibility index (Phi) is 9.82. The summed E-state index contributed by atoms with van der Waals surface area (Å²) in [6.07, 6.45) is 1.63. The highest BCUT2D eigenvalue weighted by Crippen LogP contribution is 2.36. The largest absolute Gasteiger partial charge is 0.486 e. The van der Waals surface area contributed by atoms with E-state index in [-0.39, 0.29) is 22.7 Å². The molecule has 0 saturated carbocycles. The van der Waals surface area contributed by atoms with Crippen molar-refractivity contribution >= 4 is 27.5 Å². The van der Waals surface area contributed by atoms with Crippen molar-refractivity contribution in [2.45, 2.75) is 44.2 Å². The van der Waals surface area contributed by atoms with Crippen LogP contribution in [0.2, 0.25) is 0 Å². The van der Waals surface area contributed by atoms with Gasteiger partial charge >= 0.3 is 0 Å². The number of fused-ring (bicyclic) bond motifs is 1. The Morgan fingerprint density at radius 2 is 1.66 bits per heavy atom. The molecule has 41 heavy (non-hydrogen) atoms. The molecule has 1 aliphatic heterocycles. The quantitative estimate of drug-likeness (QED) is 0.322. The Morgan fingerprint density at radius 1 is 0.976 bits per heavy atom. The number of rotatable bonds is 12. The molecule has 1 aliphatic rings. The van der Waals surface area contributed by atoms with Gasteiger partial charge in [-0.1, -0.05) is 49.7 Å². The number of sulfonamides is 1. The minimum Gasteiger partial charge on any atom is -0.486 e. The fraction of sp³-hybridized carbons (Fsp3) is 0.333. The van der Waals surface area contributed by atoms with Gasteiger partial charge in [-0.15, -0.1) is 0 Å². The number of ether oxygens (including phenoxy) is 2. The fourth-order valence-corrected chi connectivity index (χ4v) is 5.79. The third kappa shape index (κ3) is 7.15. The van der Waals surface area contributed by atoms with Gasteiger partial charge in [0, 0.05) is 24.7 Å². The summed E-state index contributed by atoms with van der Waals surface area (Å²) in [5.74, 6) is -0.825. The van der Waals surface area contributed by atoms with Gasteiger partial charge in [-0.3, -0.25) is 13.9 Å². The molecule has 0 radical (unpaired) electrons. The Bertz CT molecular complexity index is 1470. The number of anilines is 1. The average molecular weight is 584 g/mol. The van der Waals surface area contributed by atoms with Crippen molar-refractivity contribution in [2.24, 2.45) is 0 Å². The highest BCUT2D eigenvalue weighted by molar-refractivity contribution is 7.92. The lowest BCUT2D eigenvalue weighted by Crippen LogP contribution is -2.51. The molecule has 0 fully saturated rings. The molecule has 3 aromatic carbocycles. The highest BCUT2D eigenvalue weighted by Gasteiger charge is 2.33. The molecule has 9 nitrogen and oxygen atoms in total. The summed E-state index contributed by atoms with van der Waals surface area (Å²) < 4.78 is 54.6. The molecule has 11 heteroatoms. The van der Waals surface area contributed by atoms with Gasteiger partial charge in [0.05, 0.1) is 10.6 Å². The van der Waals surface area contributed by atoms with Crippen LogP contribution in [0.3, 0.4) is 0 Å². The first-order chi connectivity index (χ1) is 19.7. The monoisotopic (exact) mass is 583 g/mol. The molecular formula is C30H34FN3O6S. The maximum atomic E-state index is 14.7. The second-order valence-electron chi connectivity index (χ2n) is 9.59. The number of hydrogen-bond acceptors (Lipinski definition) is 6. The van der Waals surface area contributed by atoms with Crippen LogP contribution in [0.4, 0.5) is 10.1 Å². The fourth-order valence-electron chi connectivity index (χ4n) is 4.36. The van der Waals surface area contributed by atoms with Gasteiger partial charge in [-0.25, -0.2) is 12.8 Å². The third-order valence-electron chi connectivity index (χ3n) is 6.72. The molecule has 0 aromatic heterocycles. The average Bonchev–Trinajstić information content (AvgIpc) is 2.99. The van der Waals surface area contributed by atoms with Gasteiger partial charge in [0.25, 0.3) is 10.0 Å². The minimum atomic E-state index is -4.24. The predicted molar refractivity (Wildman–Crippen MR) is 153 cm³/mol. The molecule has 1 N–H and O–H groups in total. The lowest BCUT2D eigenvalue weighted by Gasteiger charge is -2.32. The van der Waals surface area contributed by atoms with Crippen LogP contribution < -0.4 is 19.1 Å². The van der Waals surface area contributed by atoms with Gasteiger partial charge in [0.15, 0.2) is 11.5 Å². The van der Waals surface area contributed by atoms with Crippen LogP contribution in [-0.2, 0) is 26.2 Å². The standard InChI is InChI=1S/C30H34FN3O6S/c1-3-4-16-32-30(36)22(2)33(20-23-10-8-9-13-26(23)31)29(35)21-34(41(37,38)25-11-6-5-7-12-25)24-14-15-27-28(19-24)40-18-17-39-27/h5-15,19,22H,3-4,16-18,20-21H2,1-2H3,(H,32,36)/t22-/m0/s1. The van der Waals surface area contributed by atoms with Gasteiger partial charge in [-0.05, 0) is 43.7 Å². The zero-order valence-corrected chi connectivity index (χ0v) is 23.9. The molecule has 218 valence electrons. The molecule has 4 rings (SSSR count). The van der Waals surface area contributed by atoms with E-state index in [1.54, 1.807) is 37.3 Å². The van der Waals surface area contributed by atoms with E-state index < -0.39 is 40.2 Å². The maximum Gasteiger partial charge on any atom is 0.264 e. The normalized spacial score (nSPS) is 13.2. The third-order valence-corrected chi connectivity index (χ3v) is 8.51. The summed E-state index contributed by atoms with van der Waals surface area (Å²) in [6, 6.07) is 17.3. The Balaban J connectivity index is 1.71. The Labute approximate surface area is 239 Å². The van der Waals surface area contributed by atoms with E-state index in [1.807, 2.05) is 6.92 Å². The highest BCUT2D eigenvalue weighted by atomic mass is 32.2. The molecule has 0 saturated heterocycles. The lowest BCUT2D eigenvalue weighted by molar-refractivity contribution is -0.139. The summed E-state index contributed by atoms with van der Waals surface area (Å²) >= 11 is 0. The van der Waals surface area contributed by atoms with Crippen LogP contribution in [-0.4, -0.2) is 57.5 Å². The topological polar surface area (TPSA) is 105 Å². The molecule has 2 amide bonds. The lowest BCUT2D eigenvalue weighted by atomic mass is 10.1. The van der Waals surface area contributed by atoms with E-state index in [9.17, 15) is 22.4 Å². The zero-order valence-electron chi connectivity index (χ0n) is 23.1. The van der Waals surface area contributed by atoms with Crippen LogP contribution >= 0.6 is 0 Å². The van der Waals surface area contributed by atoms with Gasteiger partial charge in [0.2, 0.25) is 11.8 Å². The van der Waals surface area contributed by atoms with Gasteiger partial charge < -0.3 is 19.7 Å². The number of benzene rings is 3. The Morgan fingerprint density at radius 3 is 2.37 bits per heavy atom. The number of nitrogens with zero attached hydrogens (tertiary/aromatic N) is 2. The van der Waals surface area contributed by atoms with Crippen LogP contribution in [0.15, 0.2) is 77.7 Å². The van der Waals surface area contributed by atoms with Crippen LogP contribution in [0.5, 0.6) is 11.5 Å². The van der Waals surface area contributed by atoms with Crippen molar-refractivity contribution < 1.29 is 31.9 Å². The first-order valence-corrected chi connectivity index (χ1v) is 14.9. The molecule has 3 aromatic rings. The molecule has 0 bridgehead atoms. The first kappa shape index (κ1) is 29.9. The Hall–Kier alpha value is -4.12. The maximum absolute atomic E-state index is 14.7. The number of carbonyl (C=O) groups is 2.